The van der Waals surface area contributed by atoms with Crippen molar-refractivity contribution in [2.75, 3.05) is 39.6 Å². The van der Waals surface area contributed by atoms with Gasteiger partial charge in [-0.25, -0.2) is 9.37 Å². The van der Waals surface area contributed by atoms with Crippen molar-refractivity contribution < 1.29 is 9.13 Å². The molecule has 0 saturated heterocycles. The van der Waals surface area contributed by atoms with Crippen molar-refractivity contribution in [3.05, 3.63) is 54.3 Å². The highest BCUT2D eigenvalue weighted by Gasteiger charge is 2.12. The van der Waals surface area contributed by atoms with Crippen LogP contribution in [0.2, 0.25) is 0 Å². The van der Waals surface area contributed by atoms with Gasteiger partial charge in [-0.15, -0.1) is 0 Å². The number of pyridine rings is 1. The molecule has 0 radical (unpaired) electrons. The number of ether oxygens (including phenoxy) is 1. The molecule has 0 amide bonds. The van der Waals surface area contributed by atoms with E-state index in [0.29, 0.717) is 17.0 Å². The highest BCUT2D eigenvalue weighted by Crippen LogP contribution is 2.31. The van der Waals surface area contributed by atoms with Crippen LogP contribution in [0.4, 0.5) is 10.1 Å². The standard InChI is InChI=1S/C20H22FN3O/c1-24(2)11-10-22-19-13-20(23-18-7-5-4-6-16(18)19)15-9-8-14(25-3)12-17(15)21/h4-9,12-13H,10-11H2,1-3H3,(H,22,23). The summed E-state index contributed by atoms with van der Waals surface area (Å²) in [7, 11) is 5.59. The molecule has 0 spiro atoms. The Morgan fingerprint density at radius 3 is 2.64 bits per heavy atom. The molecule has 0 aliphatic carbocycles. The highest BCUT2D eigenvalue weighted by atomic mass is 19.1. The van der Waals surface area contributed by atoms with Crippen LogP contribution in [0.5, 0.6) is 5.75 Å². The summed E-state index contributed by atoms with van der Waals surface area (Å²) in [4.78, 5) is 6.75. The number of fused-ring (bicyclic) bond motifs is 1. The lowest BCUT2D eigenvalue weighted by Gasteiger charge is -2.15. The molecule has 4 nitrogen and oxygen atoms in total. The normalized spacial score (nSPS) is 11.1. The van der Waals surface area contributed by atoms with Crippen molar-refractivity contribution in [2.45, 2.75) is 0 Å². The number of methoxy groups -OCH3 is 1. The van der Waals surface area contributed by atoms with E-state index >= 15 is 0 Å². The van der Waals surface area contributed by atoms with Crippen molar-refractivity contribution in [1.29, 1.82) is 0 Å². The van der Waals surface area contributed by atoms with E-state index in [1.807, 2.05) is 44.4 Å². The average Bonchev–Trinajstić information content (AvgIpc) is 2.61. The number of halogens is 1. The van der Waals surface area contributed by atoms with Crippen molar-refractivity contribution in [1.82, 2.24) is 9.88 Å². The molecule has 3 aromatic rings. The van der Waals surface area contributed by atoms with Gasteiger partial charge in [-0.05, 0) is 38.4 Å². The quantitative estimate of drug-likeness (QED) is 0.736. The van der Waals surface area contributed by atoms with Gasteiger partial charge in [0.15, 0.2) is 0 Å². The lowest BCUT2D eigenvalue weighted by molar-refractivity contribution is 0.411. The number of nitrogens with zero attached hydrogens (tertiary/aromatic N) is 2. The lowest BCUT2D eigenvalue weighted by atomic mass is 10.1. The second-order valence-corrected chi connectivity index (χ2v) is 6.15. The Balaban J connectivity index is 2.04. The minimum absolute atomic E-state index is 0.346. The smallest absolute Gasteiger partial charge is 0.136 e. The summed E-state index contributed by atoms with van der Waals surface area (Å²) in [6.07, 6.45) is 0. The minimum Gasteiger partial charge on any atom is -0.497 e. The van der Waals surface area contributed by atoms with Gasteiger partial charge in [0.2, 0.25) is 0 Å². The summed E-state index contributed by atoms with van der Waals surface area (Å²) in [6, 6.07) is 14.6. The van der Waals surface area contributed by atoms with Crippen LogP contribution in [0.1, 0.15) is 0 Å². The first-order chi connectivity index (χ1) is 12.1. The lowest BCUT2D eigenvalue weighted by Crippen LogP contribution is -2.20. The number of para-hydroxylation sites is 1. The van der Waals surface area contributed by atoms with Crippen LogP contribution in [-0.4, -0.2) is 44.2 Å². The maximum atomic E-state index is 14.5. The molecule has 25 heavy (non-hydrogen) atoms. The fraction of sp³-hybridized carbons (Fsp3) is 0.250. The van der Waals surface area contributed by atoms with Crippen molar-refractivity contribution in [3.8, 4) is 17.0 Å². The van der Waals surface area contributed by atoms with Crippen molar-refractivity contribution in [3.63, 3.8) is 0 Å². The molecular formula is C20H22FN3O. The molecule has 0 saturated carbocycles. The molecule has 1 heterocycles. The zero-order valence-corrected chi connectivity index (χ0v) is 14.7. The Morgan fingerprint density at radius 2 is 1.92 bits per heavy atom. The predicted octanol–water partition coefficient (Wildman–Crippen LogP) is 4.02. The van der Waals surface area contributed by atoms with E-state index in [4.69, 9.17) is 4.74 Å². The number of anilines is 1. The minimum atomic E-state index is -0.346. The third-order valence-corrected chi connectivity index (χ3v) is 4.04. The van der Waals surface area contributed by atoms with Gasteiger partial charge in [-0.3, -0.25) is 0 Å². The molecule has 0 aliphatic rings. The number of likely N-dealkylation sites (N-methyl/N-ethyl adjacent to an activating group) is 1. The van der Waals surface area contributed by atoms with Gasteiger partial charge in [0.05, 0.1) is 18.3 Å². The highest BCUT2D eigenvalue weighted by molar-refractivity contribution is 5.93. The van der Waals surface area contributed by atoms with Gasteiger partial charge in [0, 0.05) is 35.8 Å². The molecular weight excluding hydrogens is 317 g/mol. The van der Waals surface area contributed by atoms with Gasteiger partial charge in [-0.1, -0.05) is 18.2 Å². The van der Waals surface area contributed by atoms with Crippen LogP contribution in [0.3, 0.4) is 0 Å². The Bertz CT molecular complexity index is 880. The van der Waals surface area contributed by atoms with Crippen LogP contribution in [0.25, 0.3) is 22.2 Å². The van der Waals surface area contributed by atoms with Gasteiger partial charge >= 0.3 is 0 Å². The molecule has 1 aromatic heterocycles. The SMILES string of the molecule is COc1ccc(-c2cc(NCCN(C)C)c3ccccc3n2)c(F)c1. The summed E-state index contributed by atoms with van der Waals surface area (Å²) >= 11 is 0. The molecule has 0 fully saturated rings. The Hall–Kier alpha value is -2.66. The van der Waals surface area contributed by atoms with E-state index in [1.165, 1.54) is 13.2 Å². The van der Waals surface area contributed by atoms with Crippen molar-refractivity contribution in [2.24, 2.45) is 0 Å². The molecule has 1 N–H and O–H groups in total. The summed E-state index contributed by atoms with van der Waals surface area (Å²) in [5.74, 6) is 0.146. The predicted molar refractivity (Wildman–Crippen MR) is 101 cm³/mol. The second kappa shape index (κ2) is 7.49. The monoisotopic (exact) mass is 339 g/mol. The van der Waals surface area contributed by atoms with E-state index in [9.17, 15) is 4.39 Å². The number of aromatic nitrogens is 1. The molecule has 0 atom stereocenters. The molecule has 2 aromatic carbocycles. The fourth-order valence-corrected chi connectivity index (χ4v) is 2.70. The molecule has 130 valence electrons. The zero-order valence-electron chi connectivity index (χ0n) is 14.7. The van der Waals surface area contributed by atoms with E-state index < -0.39 is 0 Å². The fourth-order valence-electron chi connectivity index (χ4n) is 2.70. The number of rotatable bonds is 6. The molecule has 5 heteroatoms. The van der Waals surface area contributed by atoms with Gasteiger partial charge < -0.3 is 15.0 Å². The number of benzene rings is 2. The van der Waals surface area contributed by atoms with Gasteiger partial charge in [-0.2, -0.15) is 0 Å². The third-order valence-electron chi connectivity index (χ3n) is 4.04. The van der Waals surface area contributed by atoms with Gasteiger partial charge in [0.25, 0.3) is 0 Å². The number of nitrogens with one attached hydrogen (secondary N) is 1. The van der Waals surface area contributed by atoms with Crippen molar-refractivity contribution >= 4 is 16.6 Å². The topological polar surface area (TPSA) is 37.4 Å². The second-order valence-electron chi connectivity index (χ2n) is 6.15. The molecule has 0 bridgehead atoms. The summed E-state index contributed by atoms with van der Waals surface area (Å²) in [5.41, 5.74) is 2.86. The third kappa shape index (κ3) is 3.88. The first-order valence-corrected chi connectivity index (χ1v) is 8.21. The van der Waals surface area contributed by atoms with Crippen LogP contribution in [0, 0.1) is 5.82 Å². The first kappa shape index (κ1) is 17.2. The first-order valence-electron chi connectivity index (χ1n) is 8.21. The van der Waals surface area contributed by atoms with Crippen LogP contribution >= 0.6 is 0 Å². The van der Waals surface area contributed by atoms with Gasteiger partial charge in [0.1, 0.15) is 11.6 Å². The average molecular weight is 339 g/mol. The van der Waals surface area contributed by atoms with Crippen LogP contribution < -0.4 is 10.1 Å². The van der Waals surface area contributed by atoms with Crippen LogP contribution in [0.15, 0.2) is 48.5 Å². The zero-order chi connectivity index (χ0) is 17.8. The van der Waals surface area contributed by atoms with E-state index in [1.54, 1.807) is 12.1 Å². The largest absolute Gasteiger partial charge is 0.497 e. The van der Waals surface area contributed by atoms with E-state index in [2.05, 4.69) is 15.2 Å². The molecule has 0 aliphatic heterocycles. The van der Waals surface area contributed by atoms with E-state index in [0.717, 1.165) is 29.7 Å². The summed E-state index contributed by atoms with van der Waals surface area (Å²) < 4.78 is 19.5. The summed E-state index contributed by atoms with van der Waals surface area (Å²) in [5, 5.41) is 4.47. The number of hydrogen-bond acceptors (Lipinski definition) is 4. The Labute approximate surface area is 147 Å². The Kier molecular flexibility index (Phi) is 5.14. The molecule has 0 unspecified atom stereocenters. The summed E-state index contributed by atoms with van der Waals surface area (Å²) in [6.45, 7) is 1.70. The Morgan fingerprint density at radius 1 is 1.12 bits per heavy atom. The maximum Gasteiger partial charge on any atom is 0.136 e. The molecule has 3 rings (SSSR count). The maximum absolute atomic E-state index is 14.5. The number of hydrogen-bond donors (Lipinski definition) is 1. The van der Waals surface area contributed by atoms with E-state index in [-0.39, 0.29) is 5.82 Å². The van der Waals surface area contributed by atoms with Crippen LogP contribution in [-0.2, 0) is 0 Å².